The van der Waals surface area contributed by atoms with Crippen molar-refractivity contribution in [1.82, 2.24) is 9.97 Å². The Hall–Kier alpha value is -4.48. The summed E-state index contributed by atoms with van der Waals surface area (Å²) in [4.78, 5) is 37.6. The Morgan fingerprint density at radius 2 is 1.64 bits per heavy atom. The zero-order chi connectivity index (χ0) is 27.4. The maximum Gasteiger partial charge on any atom is 0.296 e. The van der Waals surface area contributed by atoms with Crippen LogP contribution in [0.5, 0.6) is 5.75 Å². The van der Waals surface area contributed by atoms with E-state index in [-0.39, 0.29) is 31.5 Å². The van der Waals surface area contributed by atoms with Crippen molar-refractivity contribution in [1.29, 1.82) is 0 Å². The maximum absolute atomic E-state index is 14.0. The van der Waals surface area contributed by atoms with Crippen LogP contribution in [0.2, 0.25) is 0 Å². The Morgan fingerprint density at radius 3 is 2.36 bits per heavy atom. The Labute approximate surface area is 228 Å². The average Bonchev–Trinajstić information content (AvgIpc) is 3.59. The molecule has 6 rings (SSSR count). The van der Waals surface area contributed by atoms with E-state index in [4.69, 9.17) is 0 Å². The molecular weight excluding hydrogens is 544 g/mol. The second-order valence-corrected chi connectivity index (χ2v) is 10.8. The quantitative estimate of drug-likeness (QED) is 0.238. The highest BCUT2D eigenvalue weighted by Gasteiger charge is 2.46. The van der Waals surface area contributed by atoms with Crippen LogP contribution in [-0.2, 0) is 4.79 Å². The second kappa shape index (κ2) is 9.37. The second-order valence-electron chi connectivity index (χ2n) is 8.79. The van der Waals surface area contributed by atoms with Gasteiger partial charge in [0.05, 0.1) is 32.4 Å². The molecule has 0 spiro atoms. The number of rotatable bonds is 5. The number of aryl methyl sites for hydroxylation is 1. The van der Waals surface area contributed by atoms with E-state index in [1.165, 1.54) is 24.3 Å². The van der Waals surface area contributed by atoms with Crippen LogP contribution in [-0.4, -0.2) is 31.9 Å². The number of carbonyl (C=O) groups is 2. The van der Waals surface area contributed by atoms with Gasteiger partial charge in [-0.2, -0.15) is 0 Å². The Bertz CT molecular complexity index is 1780. The molecule has 3 aromatic carbocycles. The number of aliphatic hydroxyl groups is 1. The number of benzene rings is 3. The first kappa shape index (κ1) is 24.8. The molecule has 0 saturated heterocycles. The molecule has 1 aliphatic heterocycles. The number of thiazole rings is 2. The fraction of sp³-hybridized carbons (Fsp3) is 0.0714. The van der Waals surface area contributed by atoms with Crippen LogP contribution < -0.4 is 4.90 Å². The molecule has 7 nitrogen and oxygen atoms in total. The zero-order valence-corrected chi connectivity index (χ0v) is 21.7. The van der Waals surface area contributed by atoms with E-state index in [2.05, 4.69) is 9.97 Å². The van der Waals surface area contributed by atoms with Gasteiger partial charge in [-0.1, -0.05) is 53.8 Å². The van der Waals surface area contributed by atoms with Crippen LogP contribution >= 0.6 is 22.7 Å². The molecule has 11 heteroatoms. The average molecular weight is 562 g/mol. The molecule has 2 N–H and O–H groups in total. The lowest BCUT2D eigenvalue weighted by atomic mass is 9.95. The zero-order valence-electron chi connectivity index (χ0n) is 20.1. The number of aromatic hydroxyl groups is 1. The van der Waals surface area contributed by atoms with Gasteiger partial charge in [0.15, 0.2) is 22.5 Å². The van der Waals surface area contributed by atoms with Gasteiger partial charge in [-0.3, -0.25) is 14.5 Å². The van der Waals surface area contributed by atoms with Crippen molar-refractivity contribution < 1.29 is 28.6 Å². The van der Waals surface area contributed by atoms with Crippen molar-refractivity contribution in [3.05, 3.63) is 106 Å². The summed E-state index contributed by atoms with van der Waals surface area (Å²) in [5, 5.41) is 21.5. The maximum atomic E-state index is 14.0. The van der Waals surface area contributed by atoms with E-state index < -0.39 is 35.1 Å². The Kier molecular flexibility index (Phi) is 5.96. The van der Waals surface area contributed by atoms with Crippen molar-refractivity contribution in [2.75, 3.05) is 4.90 Å². The van der Waals surface area contributed by atoms with Crippen LogP contribution in [0.1, 0.15) is 27.0 Å². The highest BCUT2D eigenvalue weighted by molar-refractivity contribution is 7.22. The molecule has 1 atom stereocenters. The third-order valence-electron chi connectivity index (χ3n) is 6.31. The summed E-state index contributed by atoms with van der Waals surface area (Å²) in [6.07, 6.45) is 0. The molecule has 0 radical (unpaired) electrons. The summed E-state index contributed by atoms with van der Waals surface area (Å²) in [5.74, 6) is -4.42. The predicted molar refractivity (Wildman–Crippen MR) is 144 cm³/mol. The molecule has 1 aliphatic rings. The van der Waals surface area contributed by atoms with Crippen molar-refractivity contribution in [2.45, 2.75) is 13.0 Å². The minimum absolute atomic E-state index is 0.0348. The molecule has 2 aromatic heterocycles. The number of fused-ring (bicyclic) bond motifs is 1. The molecule has 1 unspecified atom stereocenters. The number of halogens is 2. The van der Waals surface area contributed by atoms with Crippen LogP contribution in [0.25, 0.3) is 20.8 Å². The number of phenols is 1. The molecule has 194 valence electrons. The summed E-state index contributed by atoms with van der Waals surface area (Å²) in [6, 6.07) is 15.9. The van der Waals surface area contributed by atoms with Gasteiger partial charge in [0.2, 0.25) is 5.78 Å². The SMILES string of the molecule is Cc1nc(-c2ccccc2)sc1C(=O)C1=C(O)C(=O)N(c2nc3cc(F)c(F)cc3s2)C1c1ccc(O)cc1. The van der Waals surface area contributed by atoms with Crippen LogP contribution in [0, 0.1) is 18.6 Å². The van der Waals surface area contributed by atoms with Crippen LogP contribution in [0.3, 0.4) is 0 Å². The summed E-state index contributed by atoms with van der Waals surface area (Å²) < 4.78 is 28.0. The molecule has 5 aromatic rings. The van der Waals surface area contributed by atoms with Crippen molar-refractivity contribution in [2.24, 2.45) is 0 Å². The number of hydrogen-bond donors (Lipinski definition) is 2. The van der Waals surface area contributed by atoms with Crippen molar-refractivity contribution in [3.63, 3.8) is 0 Å². The van der Waals surface area contributed by atoms with Crippen molar-refractivity contribution >= 4 is 49.7 Å². The number of amides is 1. The van der Waals surface area contributed by atoms with E-state index >= 15 is 0 Å². The molecule has 39 heavy (non-hydrogen) atoms. The van der Waals surface area contributed by atoms with Gasteiger partial charge >= 0.3 is 0 Å². The standard InChI is InChI=1S/C28H17F2N3O4S2/c1-13-25(39-26(31-13)15-5-3-2-4-6-15)23(35)21-22(14-7-9-16(34)10-8-14)33(27(37)24(21)36)28-32-19-11-17(29)18(30)12-20(19)38-28/h2-12,22,34,36H,1H3. The first-order chi connectivity index (χ1) is 18.7. The Balaban J connectivity index is 1.48. The van der Waals surface area contributed by atoms with Gasteiger partial charge in [-0.05, 0) is 30.7 Å². The lowest BCUT2D eigenvalue weighted by Crippen LogP contribution is -2.30. The summed E-state index contributed by atoms with van der Waals surface area (Å²) in [5.41, 5.74) is 1.60. The number of nitrogens with zero attached hydrogens (tertiary/aromatic N) is 3. The summed E-state index contributed by atoms with van der Waals surface area (Å²) in [6.45, 7) is 1.68. The van der Waals surface area contributed by atoms with Crippen molar-refractivity contribution in [3.8, 4) is 16.3 Å². The normalized spacial score (nSPS) is 15.5. The smallest absolute Gasteiger partial charge is 0.296 e. The topological polar surface area (TPSA) is 104 Å². The molecule has 0 aliphatic carbocycles. The fourth-order valence-corrected chi connectivity index (χ4v) is 6.48. The van der Waals surface area contributed by atoms with Gasteiger partial charge in [-0.25, -0.2) is 18.7 Å². The van der Waals surface area contributed by atoms with Gasteiger partial charge in [0.25, 0.3) is 5.91 Å². The lowest BCUT2D eigenvalue weighted by Gasteiger charge is -2.24. The van der Waals surface area contributed by atoms with Gasteiger partial charge in [0, 0.05) is 11.6 Å². The van der Waals surface area contributed by atoms with Gasteiger partial charge in [0.1, 0.15) is 10.8 Å². The van der Waals surface area contributed by atoms with Crippen LogP contribution in [0.15, 0.2) is 78.1 Å². The van der Waals surface area contributed by atoms with E-state index in [1.807, 2.05) is 30.3 Å². The van der Waals surface area contributed by atoms with Gasteiger partial charge < -0.3 is 10.2 Å². The minimum Gasteiger partial charge on any atom is -0.508 e. The molecule has 0 saturated carbocycles. The number of ketones is 1. The summed E-state index contributed by atoms with van der Waals surface area (Å²) in [7, 11) is 0. The number of anilines is 1. The number of phenolic OH excluding ortho intramolecular Hbond substituents is 1. The first-order valence-electron chi connectivity index (χ1n) is 11.6. The lowest BCUT2D eigenvalue weighted by molar-refractivity contribution is -0.117. The minimum atomic E-state index is -1.12. The largest absolute Gasteiger partial charge is 0.508 e. The Morgan fingerprint density at radius 1 is 0.949 bits per heavy atom. The van der Waals surface area contributed by atoms with E-state index in [0.29, 0.717) is 16.3 Å². The molecule has 0 fully saturated rings. The third kappa shape index (κ3) is 4.16. The van der Waals surface area contributed by atoms with Gasteiger partial charge in [-0.15, -0.1) is 11.3 Å². The van der Waals surface area contributed by atoms with E-state index in [0.717, 1.165) is 45.3 Å². The number of hydrogen-bond acceptors (Lipinski definition) is 8. The third-order valence-corrected chi connectivity index (χ3v) is 8.53. The van der Waals surface area contributed by atoms with Crippen LogP contribution in [0.4, 0.5) is 13.9 Å². The molecule has 1 amide bonds. The summed E-state index contributed by atoms with van der Waals surface area (Å²) >= 11 is 2.06. The highest BCUT2D eigenvalue weighted by Crippen LogP contribution is 2.45. The molecular formula is C28H17F2N3O4S2. The molecule has 0 bridgehead atoms. The first-order valence-corrected chi connectivity index (χ1v) is 13.2. The number of carbonyl (C=O) groups excluding carboxylic acids is 2. The number of Topliss-reactive ketones (excluding diaryl/α,β-unsaturated/α-hetero) is 1. The molecule has 3 heterocycles. The predicted octanol–water partition coefficient (Wildman–Crippen LogP) is 6.49. The highest BCUT2D eigenvalue weighted by atomic mass is 32.1. The van der Waals surface area contributed by atoms with E-state index in [9.17, 15) is 28.6 Å². The van der Waals surface area contributed by atoms with E-state index in [1.54, 1.807) is 6.92 Å². The number of aromatic nitrogens is 2. The number of aliphatic hydroxyl groups excluding tert-OH is 1. The monoisotopic (exact) mass is 561 g/mol. The fourth-order valence-electron chi connectivity index (χ4n) is 4.45.